The van der Waals surface area contributed by atoms with Crippen LogP contribution in [0.25, 0.3) is 0 Å². The molecule has 2 fully saturated rings. The molecule has 0 aromatic carbocycles. The molecule has 0 aromatic heterocycles. The van der Waals surface area contributed by atoms with Crippen LogP contribution in [0.2, 0.25) is 0 Å². The number of carboxylic acid groups (broad SMARTS) is 1. The number of allylic oxidation sites excluding steroid dienone is 4. The van der Waals surface area contributed by atoms with Crippen molar-refractivity contribution in [2.45, 2.75) is 91.3 Å². The van der Waals surface area contributed by atoms with Gasteiger partial charge in [-0.1, -0.05) is 50.8 Å². The molecule has 0 spiro atoms. The summed E-state index contributed by atoms with van der Waals surface area (Å²) < 4.78 is 12.0. The van der Waals surface area contributed by atoms with Crippen molar-refractivity contribution in [3.05, 3.63) is 23.8 Å². The Bertz CT molecular complexity index is 629. The lowest BCUT2D eigenvalue weighted by molar-refractivity contribution is -0.138. The van der Waals surface area contributed by atoms with E-state index in [4.69, 9.17) is 14.6 Å². The lowest BCUT2D eigenvalue weighted by atomic mass is 9.82. The quantitative estimate of drug-likeness (QED) is 0.262. The number of rotatable bonds is 12. The van der Waals surface area contributed by atoms with Gasteiger partial charge in [0.1, 0.15) is 0 Å². The highest BCUT2D eigenvalue weighted by atomic mass is 16.6. The van der Waals surface area contributed by atoms with Gasteiger partial charge in [-0.3, -0.25) is 9.59 Å². The highest BCUT2D eigenvalue weighted by molar-refractivity contribution is 5.94. The molecule has 2 unspecified atom stereocenters. The Labute approximate surface area is 181 Å². The minimum absolute atomic E-state index is 0.112. The molecule has 1 saturated carbocycles. The minimum Gasteiger partial charge on any atom is -0.481 e. The highest BCUT2D eigenvalue weighted by Crippen LogP contribution is 2.41. The van der Waals surface area contributed by atoms with Gasteiger partial charge < -0.3 is 14.6 Å². The molecule has 0 bridgehead atoms. The lowest BCUT2D eigenvalue weighted by Crippen LogP contribution is -2.37. The summed E-state index contributed by atoms with van der Waals surface area (Å²) in [6.07, 6.45) is 13.0. The van der Waals surface area contributed by atoms with Crippen LogP contribution < -0.4 is 0 Å². The fourth-order valence-corrected chi connectivity index (χ4v) is 4.48. The first-order valence-corrected chi connectivity index (χ1v) is 11.5. The molecule has 1 N–H and O–H groups in total. The first-order valence-electron chi connectivity index (χ1n) is 11.5. The fraction of sp³-hybridized carbons (Fsp3) is 0.760. The van der Waals surface area contributed by atoms with Crippen molar-refractivity contribution in [3.63, 3.8) is 0 Å². The molecule has 0 aromatic rings. The van der Waals surface area contributed by atoms with Gasteiger partial charge in [0.2, 0.25) is 0 Å². The summed E-state index contributed by atoms with van der Waals surface area (Å²) in [5.41, 5.74) is 0.837. The Morgan fingerprint density at radius 2 is 1.77 bits per heavy atom. The average Bonchev–Trinajstić information content (AvgIpc) is 3.04. The molecule has 0 radical (unpaired) electrons. The molecule has 0 amide bonds. The third kappa shape index (κ3) is 7.66. The van der Waals surface area contributed by atoms with Gasteiger partial charge in [-0.25, -0.2) is 0 Å². The van der Waals surface area contributed by atoms with Gasteiger partial charge in [-0.15, -0.1) is 0 Å². The summed E-state index contributed by atoms with van der Waals surface area (Å²) in [5.74, 6) is 0.105. The molecule has 170 valence electrons. The smallest absolute Gasteiger partial charge is 0.303 e. The van der Waals surface area contributed by atoms with Crippen LogP contribution in [-0.4, -0.2) is 42.3 Å². The number of fused-ring (bicyclic) bond motifs is 1. The van der Waals surface area contributed by atoms with Crippen molar-refractivity contribution >= 4 is 11.8 Å². The van der Waals surface area contributed by atoms with E-state index >= 15 is 0 Å². The lowest BCUT2D eigenvalue weighted by Gasteiger charge is -2.30. The Hall–Kier alpha value is -1.46. The zero-order chi connectivity index (χ0) is 22.1. The summed E-state index contributed by atoms with van der Waals surface area (Å²) in [5, 5.41) is 8.76. The fourth-order valence-electron chi connectivity index (χ4n) is 4.48. The van der Waals surface area contributed by atoms with E-state index in [1.165, 1.54) is 5.57 Å². The van der Waals surface area contributed by atoms with Crippen molar-refractivity contribution < 1.29 is 24.2 Å². The van der Waals surface area contributed by atoms with Gasteiger partial charge in [-0.05, 0) is 57.4 Å². The standard InChI is InChI=1S/C25H40O5/c1-18(2)13-14-25(3,4)22(26)12-11-19-17-21-24(30-16-15-29-21)20(19)9-7-5-6-8-10-23(27)28/h11-13,19-21,24H,5-10,14-17H2,1-4H3,(H,27,28)/t19-,20+,21?,24?/m0/s1. The Morgan fingerprint density at radius 3 is 2.47 bits per heavy atom. The van der Waals surface area contributed by atoms with E-state index in [0.29, 0.717) is 25.0 Å². The molecule has 1 aliphatic carbocycles. The summed E-state index contributed by atoms with van der Waals surface area (Å²) in [6, 6.07) is 0. The number of ether oxygens (including phenoxy) is 2. The molecule has 4 atom stereocenters. The molecule has 1 heterocycles. The van der Waals surface area contributed by atoms with E-state index < -0.39 is 11.4 Å². The zero-order valence-corrected chi connectivity index (χ0v) is 19.2. The molecule has 1 saturated heterocycles. The molecule has 30 heavy (non-hydrogen) atoms. The second-order valence-electron chi connectivity index (χ2n) is 9.75. The van der Waals surface area contributed by atoms with E-state index in [0.717, 1.165) is 44.9 Å². The first-order chi connectivity index (χ1) is 14.2. The van der Waals surface area contributed by atoms with Crippen molar-refractivity contribution in [2.24, 2.45) is 17.3 Å². The number of carbonyl (C=O) groups excluding carboxylic acids is 1. The van der Waals surface area contributed by atoms with Crippen LogP contribution in [0, 0.1) is 17.3 Å². The van der Waals surface area contributed by atoms with Gasteiger partial charge in [-0.2, -0.15) is 0 Å². The average molecular weight is 421 g/mol. The maximum absolute atomic E-state index is 12.8. The van der Waals surface area contributed by atoms with E-state index in [9.17, 15) is 9.59 Å². The molecule has 5 nitrogen and oxygen atoms in total. The summed E-state index contributed by atoms with van der Waals surface area (Å²) in [6.45, 7) is 9.42. The second-order valence-corrected chi connectivity index (χ2v) is 9.75. The molecule has 2 rings (SSSR count). The molecule has 2 aliphatic rings. The van der Waals surface area contributed by atoms with Gasteiger partial charge in [0.15, 0.2) is 5.78 Å². The van der Waals surface area contributed by atoms with E-state index in [-0.39, 0.29) is 24.4 Å². The third-order valence-electron chi connectivity index (χ3n) is 6.43. The number of carboxylic acids is 1. The number of hydrogen-bond acceptors (Lipinski definition) is 4. The molecule has 5 heteroatoms. The van der Waals surface area contributed by atoms with Crippen molar-refractivity contribution in [1.82, 2.24) is 0 Å². The molecular formula is C25H40O5. The maximum Gasteiger partial charge on any atom is 0.303 e. The predicted molar refractivity (Wildman–Crippen MR) is 118 cm³/mol. The van der Waals surface area contributed by atoms with Crippen LogP contribution >= 0.6 is 0 Å². The van der Waals surface area contributed by atoms with Crippen LogP contribution in [0.5, 0.6) is 0 Å². The SMILES string of the molecule is CC(C)=CCC(C)(C)C(=O)C=C[C@H]1CC2OCCOC2[C@@H]1CCCCCCC(=O)O. The van der Waals surface area contributed by atoms with Gasteiger partial charge >= 0.3 is 5.97 Å². The van der Waals surface area contributed by atoms with Crippen LogP contribution in [0.15, 0.2) is 23.8 Å². The number of ketones is 1. The monoisotopic (exact) mass is 420 g/mol. The maximum atomic E-state index is 12.8. The minimum atomic E-state index is -0.719. The van der Waals surface area contributed by atoms with Crippen molar-refractivity contribution in [2.75, 3.05) is 13.2 Å². The van der Waals surface area contributed by atoms with Crippen molar-refractivity contribution in [3.8, 4) is 0 Å². The number of carbonyl (C=O) groups is 2. The molecular weight excluding hydrogens is 380 g/mol. The van der Waals surface area contributed by atoms with E-state index in [1.807, 2.05) is 13.8 Å². The van der Waals surface area contributed by atoms with E-state index in [2.05, 4.69) is 26.0 Å². The number of aliphatic carboxylic acids is 1. The van der Waals surface area contributed by atoms with Crippen LogP contribution in [0.1, 0.15) is 79.1 Å². The normalized spacial score (nSPS) is 26.5. The largest absolute Gasteiger partial charge is 0.481 e. The summed E-state index contributed by atoms with van der Waals surface area (Å²) in [4.78, 5) is 23.5. The van der Waals surface area contributed by atoms with Crippen LogP contribution in [0.4, 0.5) is 0 Å². The predicted octanol–water partition coefficient (Wildman–Crippen LogP) is 5.34. The van der Waals surface area contributed by atoms with Gasteiger partial charge in [0.05, 0.1) is 25.4 Å². The zero-order valence-electron chi connectivity index (χ0n) is 19.2. The number of unbranched alkanes of at least 4 members (excludes halogenated alkanes) is 3. The molecule has 1 aliphatic heterocycles. The Balaban J connectivity index is 1.94. The summed E-state index contributed by atoms with van der Waals surface area (Å²) >= 11 is 0. The second kappa shape index (κ2) is 11.8. The first kappa shape index (κ1) is 24.8. The highest BCUT2D eigenvalue weighted by Gasteiger charge is 2.44. The van der Waals surface area contributed by atoms with Crippen molar-refractivity contribution in [1.29, 1.82) is 0 Å². The summed E-state index contributed by atoms with van der Waals surface area (Å²) in [7, 11) is 0. The Morgan fingerprint density at radius 1 is 1.07 bits per heavy atom. The van der Waals surface area contributed by atoms with Gasteiger partial charge in [0, 0.05) is 11.8 Å². The van der Waals surface area contributed by atoms with Crippen LogP contribution in [-0.2, 0) is 19.1 Å². The topological polar surface area (TPSA) is 72.8 Å². The van der Waals surface area contributed by atoms with E-state index in [1.54, 1.807) is 6.08 Å². The van der Waals surface area contributed by atoms with Crippen LogP contribution in [0.3, 0.4) is 0 Å². The number of hydrogen-bond donors (Lipinski definition) is 1. The Kier molecular flexibility index (Phi) is 9.76. The van der Waals surface area contributed by atoms with Gasteiger partial charge in [0.25, 0.3) is 0 Å². The third-order valence-corrected chi connectivity index (χ3v) is 6.43.